The van der Waals surface area contributed by atoms with Crippen LogP contribution >= 0.6 is 11.3 Å². The predicted octanol–water partition coefficient (Wildman–Crippen LogP) is 2.00. The zero-order valence-electron chi connectivity index (χ0n) is 10.2. The zero-order chi connectivity index (χ0) is 12.8. The fourth-order valence-electron chi connectivity index (χ4n) is 1.92. The van der Waals surface area contributed by atoms with Gasteiger partial charge in [0.2, 0.25) is 0 Å². The SMILES string of the molecule is O=C(O)CCc1csc(NCC2CCOCC2)n1. The van der Waals surface area contributed by atoms with Crippen molar-refractivity contribution >= 4 is 22.4 Å². The highest BCUT2D eigenvalue weighted by molar-refractivity contribution is 7.13. The highest BCUT2D eigenvalue weighted by atomic mass is 32.1. The molecule has 2 N–H and O–H groups in total. The van der Waals surface area contributed by atoms with Crippen molar-refractivity contribution in [2.45, 2.75) is 25.7 Å². The second-order valence-electron chi connectivity index (χ2n) is 4.47. The van der Waals surface area contributed by atoms with Gasteiger partial charge in [-0.15, -0.1) is 11.3 Å². The summed E-state index contributed by atoms with van der Waals surface area (Å²) in [6.07, 6.45) is 2.85. The molecule has 0 bridgehead atoms. The van der Waals surface area contributed by atoms with E-state index in [1.165, 1.54) is 0 Å². The molecule has 2 rings (SSSR count). The van der Waals surface area contributed by atoms with Crippen molar-refractivity contribution in [3.05, 3.63) is 11.1 Å². The van der Waals surface area contributed by atoms with Crippen molar-refractivity contribution in [1.82, 2.24) is 4.98 Å². The van der Waals surface area contributed by atoms with Gasteiger partial charge in [-0.1, -0.05) is 0 Å². The standard InChI is InChI=1S/C12H18N2O3S/c15-11(16)2-1-10-8-18-12(14-10)13-7-9-3-5-17-6-4-9/h8-9H,1-7H2,(H,13,14)(H,15,16). The average Bonchev–Trinajstić information content (AvgIpc) is 2.83. The number of hydrogen-bond acceptors (Lipinski definition) is 5. The van der Waals surface area contributed by atoms with Crippen molar-refractivity contribution in [3.63, 3.8) is 0 Å². The Hall–Kier alpha value is -1.14. The molecule has 0 unspecified atom stereocenters. The first-order chi connectivity index (χ1) is 8.74. The summed E-state index contributed by atoms with van der Waals surface area (Å²) in [6.45, 7) is 2.64. The monoisotopic (exact) mass is 270 g/mol. The maximum Gasteiger partial charge on any atom is 0.303 e. The summed E-state index contributed by atoms with van der Waals surface area (Å²) in [7, 11) is 0. The van der Waals surface area contributed by atoms with Gasteiger partial charge in [0.1, 0.15) is 0 Å². The lowest BCUT2D eigenvalue weighted by atomic mass is 10.0. The van der Waals surface area contributed by atoms with Crippen LogP contribution in [0.4, 0.5) is 5.13 Å². The number of aliphatic carboxylic acids is 1. The Morgan fingerprint density at radius 3 is 3.06 bits per heavy atom. The highest BCUT2D eigenvalue weighted by Crippen LogP contribution is 2.19. The number of nitrogens with zero attached hydrogens (tertiary/aromatic N) is 1. The lowest BCUT2D eigenvalue weighted by Crippen LogP contribution is -2.22. The summed E-state index contributed by atoms with van der Waals surface area (Å²) >= 11 is 1.54. The van der Waals surface area contributed by atoms with Gasteiger partial charge in [-0.25, -0.2) is 4.98 Å². The van der Waals surface area contributed by atoms with Crippen molar-refractivity contribution < 1.29 is 14.6 Å². The molecule has 0 spiro atoms. The van der Waals surface area contributed by atoms with E-state index in [1.54, 1.807) is 11.3 Å². The summed E-state index contributed by atoms with van der Waals surface area (Å²) in [5, 5.41) is 14.7. The van der Waals surface area contributed by atoms with Crippen LogP contribution < -0.4 is 5.32 Å². The molecule has 0 aromatic carbocycles. The average molecular weight is 270 g/mol. The van der Waals surface area contributed by atoms with Crippen LogP contribution in [0, 0.1) is 5.92 Å². The third kappa shape index (κ3) is 4.27. The van der Waals surface area contributed by atoms with Crippen LogP contribution in [0.3, 0.4) is 0 Å². The summed E-state index contributed by atoms with van der Waals surface area (Å²) in [4.78, 5) is 14.8. The number of carbonyl (C=O) groups is 1. The molecule has 0 radical (unpaired) electrons. The minimum atomic E-state index is -0.778. The van der Waals surface area contributed by atoms with Gasteiger partial charge in [0.15, 0.2) is 5.13 Å². The Kier molecular flexibility index (Phi) is 4.95. The van der Waals surface area contributed by atoms with Crippen molar-refractivity contribution in [1.29, 1.82) is 0 Å². The first kappa shape index (κ1) is 13.3. The maximum atomic E-state index is 10.5. The zero-order valence-corrected chi connectivity index (χ0v) is 11.0. The molecule has 0 amide bonds. The van der Waals surface area contributed by atoms with Crippen LogP contribution in [0.1, 0.15) is 25.0 Å². The molecule has 1 aliphatic rings. The molecule has 1 aliphatic heterocycles. The van der Waals surface area contributed by atoms with E-state index in [0.717, 1.165) is 43.4 Å². The Morgan fingerprint density at radius 1 is 1.56 bits per heavy atom. The van der Waals surface area contributed by atoms with E-state index in [0.29, 0.717) is 12.3 Å². The van der Waals surface area contributed by atoms with E-state index in [2.05, 4.69) is 10.3 Å². The first-order valence-electron chi connectivity index (χ1n) is 6.22. The second-order valence-corrected chi connectivity index (χ2v) is 5.33. The molecule has 1 aromatic heterocycles. The van der Waals surface area contributed by atoms with E-state index >= 15 is 0 Å². The minimum absolute atomic E-state index is 0.142. The number of aryl methyl sites for hydroxylation is 1. The van der Waals surface area contributed by atoms with Crippen molar-refractivity contribution in [2.24, 2.45) is 5.92 Å². The van der Waals surface area contributed by atoms with Gasteiger partial charge in [-0.05, 0) is 18.8 Å². The third-order valence-corrected chi connectivity index (χ3v) is 3.88. The van der Waals surface area contributed by atoms with Crippen molar-refractivity contribution in [3.8, 4) is 0 Å². The van der Waals surface area contributed by atoms with Crippen LogP contribution in [-0.4, -0.2) is 35.8 Å². The number of rotatable bonds is 6. The van der Waals surface area contributed by atoms with E-state index in [9.17, 15) is 4.79 Å². The number of aromatic nitrogens is 1. The maximum absolute atomic E-state index is 10.5. The number of carboxylic acid groups (broad SMARTS) is 1. The van der Waals surface area contributed by atoms with Crippen LogP contribution in [0.25, 0.3) is 0 Å². The van der Waals surface area contributed by atoms with Crippen LogP contribution in [0.15, 0.2) is 5.38 Å². The lowest BCUT2D eigenvalue weighted by Gasteiger charge is -2.21. The Bertz CT molecular complexity index is 388. The number of carboxylic acids is 1. The molecule has 2 heterocycles. The van der Waals surface area contributed by atoms with Crippen LogP contribution in [0.2, 0.25) is 0 Å². The van der Waals surface area contributed by atoms with Crippen LogP contribution in [-0.2, 0) is 16.0 Å². The molecule has 100 valence electrons. The fourth-order valence-corrected chi connectivity index (χ4v) is 2.68. The molecular weight excluding hydrogens is 252 g/mol. The second kappa shape index (κ2) is 6.70. The summed E-state index contributed by atoms with van der Waals surface area (Å²) in [6, 6.07) is 0. The predicted molar refractivity (Wildman–Crippen MR) is 70.1 cm³/mol. The van der Waals surface area contributed by atoms with Gasteiger partial charge in [0.25, 0.3) is 0 Å². The van der Waals surface area contributed by atoms with Gasteiger partial charge < -0.3 is 15.2 Å². The Morgan fingerprint density at radius 2 is 2.33 bits per heavy atom. The molecule has 6 heteroatoms. The molecule has 0 atom stereocenters. The van der Waals surface area contributed by atoms with E-state index < -0.39 is 5.97 Å². The number of nitrogens with one attached hydrogen (secondary N) is 1. The molecule has 0 saturated carbocycles. The first-order valence-corrected chi connectivity index (χ1v) is 7.10. The topological polar surface area (TPSA) is 71.5 Å². The summed E-state index contributed by atoms with van der Waals surface area (Å²) < 4.78 is 5.31. The molecule has 0 aliphatic carbocycles. The van der Waals surface area contributed by atoms with Gasteiger partial charge in [0, 0.05) is 31.6 Å². The van der Waals surface area contributed by atoms with E-state index in [-0.39, 0.29) is 6.42 Å². The number of ether oxygens (including phenoxy) is 1. The van der Waals surface area contributed by atoms with Gasteiger partial charge in [-0.2, -0.15) is 0 Å². The molecule has 1 fully saturated rings. The number of thiazole rings is 1. The normalized spacial score (nSPS) is 16.7. The minimum Gasteiger partial charge on any atom is -0.481 e. The smallest absolute Gasteiger partial charge is 0.303 e. The summed E-state index contributed by atoms with van der Waals surface area (Å²) in [5.41, 5.74) is 0.858. The molecular formula is C12H18N2O3S. The molecule has 18 heavy (non-hydrogen) atoms. The lowest BCUT2D eigenvalue weighted by molar-refractivity contribution is -0.136. The molecule has 1 aromatic rings. The fraction of sp³-hybridized carbons (Fsp3) is 0.667. The highest BCUT2D eigenvalue weighted by Gasteiger charge is 2.14. The Labute approximate surface area is 110 Å². The number of hydrogen-bond donors (Lipinski definition) is 2. The molecule has 5 nitrogen and oxygen atoms in total. The van der Waals surface area contributed by atoms with E-state index in [4.69, 9.17) is 9.84 Å². The quantitative estimate of drug-likeness (QED) is 0.827. The largest absolute Gasteiger partial charge is 0.481 e. The van der Waals surface area contributed by atoms with E-state index in [1.807, 2.05) is 5.38 Å². The van der Waals surface area contributed by atoms with Crippen molar-refractivity contribution in [2.75, 3.05) is 25.1 Å². The van der Waals surface area contributed by atoms with Gasteiger partial charge >= 0.3 is 5.97 Å². The number of anilines is 1. The summed E-state index contributed by atoms with van der Waals surface area (Å²) in [5.74, 6) is -0.121. The van der Waals surface area contributed by atoms with Crippen LogP contribution in [0.5, 0.6) is 0 Å². The third-order valence-electron chi connectivity index (χ3n) is 3.03. The van der Waals surface area contributed by atoms with Gasteiger partial charge in [-0.3, -0.25) is 4.79 Å². The van der Waals surface area contributed by atoms with Gasteiger partial charge in [0.05, 0.1) is 12.1 Å². The Balaban J connectivity index is 1.73. The molecule has 1 saturated heterocycles.